The molecule has 0 saturated carbocycles. The third kappa shape index (κ3) is 16.8. The maximum Gasteiger partial charge on any atom is 0.265 e. The number of phenols is 1. The Bertz CT molecular complexity index is 2060. The number of carbonyl (C=O) groups is 7. The summed E-state index contributed by atoms with van der Waals surface area (Å²) in [6.45, 7) is -0.244. The Morgan fingerprint density at radius 1 is 0.587 bits per heavy atom. The largest absolute Gasteiger partial charge is 0.508 e. The van der Waals surface area contributed by atoms with Crippen LogP contribution in [-0.4, -0.2) is 120 Å². The van der Waals surface area contributed by atoms with E-state index in [1.807, 2.05) is 26.6 Å². The van der Waals surface area contributed by atoms with Crippen LogP contribution in [0.3, 0.4) is 0 Å². The molecule has 63 heavy (non-hydrogen) atoms. The smallest absolute Gasteiger partial charge is 0.265 e. The van der Waals surface area contributed by atoms with Crippen molar-refractivity contribution in [2.24, 2.45) is 34.4 Å². The van der Waals surface area contributed by atoms with Gasteiger partial charge in [0.1, 0.15) is 17.5 Å². The molecule has 0 spiro atoms. The number of methoxy groups -OCH3 is 1. The van der Waals surface area contributed by atoms with E-state index < -0.39 is 108 Å². The SMILES string of the molecule is COc1ccc(O)c(CNC(O)C(=O)NC(C(=O)NC(NC(=N)N)C(=O)NC(NC(=N)N)C(=O)NC(NC(=N)N)C(=O)NC(NC(=N)N)C(=O)NC(N)C(N)=O)c2ccccc2)c1. The third-order valence-corrected chi connectivity index (χ3v) is 7.70. The number of hydrogen-bond acceptors (Lipinski definition) is 16. The number of aromatic hydroxyl groups is 1. The molecule has 342 valence electrons. The lowest BCUT2D eigenvalue weighted by Gasteiger charge is -2.28. The zero-order chi connectivity index (χ0) is 47.6. The highest BCUT2D eigenvalue weighted by molar-refractivity contribution is 6.00. The van der Waals surface area contributed by atoms with Gasteiger partial charge >= 0.3 is 0 Å². The standard InChI is InChI=1S/C32H49N21O10/c1-63-13-7-8-14(54)12(9-13)10-43-27(61)28(62)44-15(11-5-3-2-4-6-11)22(56)46-19(51-30(37)38)24(58)48-21(53-32(41)42)26(60)49-20(52-31(39)40)25(59)47-18(50-29(35)36)23(57)45-16(33)17(34)55/h2-9,15-16,18-21,27,43,54,61H,10,33H2,1H3,(H2,34,55)(H,44,62)(H,45,57)(H,46,56)(H,47,59)(H,48,58)(H,49,60)(H4,35,36,50)(H4,37,38,51)(H4,39,40,52)(H4,41,42,53). The van der Waals surface area contributed by atoms with Gasteiger partial charge in [0, 0.05) is 12.1 Å². The van der Waals surface area contributed by atoms with E-state index in [1.54, 1.807) is 6.07 Å². The van der Waals surface area contributed by atoms with Crippen LogP contribution in [-0.2, 0) is 40.1 Å². The molecule has 0 aliphatic carbocycles. The Morgan fingerprint density at radius 3 is 1.40 bits per heavy atom. The molecule has 0 aliphatic rings. The zero-order valence-corrected chi connectivity index (χ0v) is 33.0. The van der Waals surface area contributed by atoms with Crippen molar-refractivity contribution in [3.8, 4) is 11.5 Å². The van der Waals surface area contributed by atoms with Crippen LogP contribution >= 0.6 is 0 Å². The first-order valence-corrected chi connectivity index (χ1v) is 17.6. The Morgan fingerprint density at radius 2 is 1.00 bits per heavy atom. The molecule has 2 aromatic carbocycles. The molecule has 0 aromatic heterocycles. The molecule has 0 heterocycles. The van der Waals surface area contributed by atoms with E-state index in [9.17, 15) is 43.8 Å². The second-order valence-corrected chi connectivity index (χ2v) is 12.5. The molecule has 7 atom stereocenters. The fraction of sp³-hybridized carbons (Fsp3) is 0.281. The van der Waals surface area contributed by atoms with E-state index in [0.29, 0.717) is 5.75 Å². The Balaban J connectivity index is 2.34. The van der Waals surface area contributed by atoms with Crippen molar-refractivity contribution in [1.82, 2.24) is 58.5 Å². The highest BCUT2D eigenvalue weighted by Crippen LogP contribution is 2.22. The number of benzene rings is 2. The van der Waals surface area contributed by atoms with Gasteiger partial charge in [-0.25, -0.2) is 0 Å². The number of carbonyl (C=O) groups excluding carboxylic acids is 7. The number of nitrogens with two attached hydrogens (primary N) is 6. The summed E-state index contributed by atoms with van der Waals surface area (Å²) >= 11 is 0. The minimum atomic E-state index is -2.13. The lowest BCUT2D eigenvalue weighted by Crippen LogP contribution is -2.69. The molecule has 29 N–H and O–H groups in total. The number of hydrogen-bond donors (Lipinski definition) is 23. The van der Waals surface area contributed by atoms with Gasteiger partial charge in [0.25, 0.3) is 35.4 Å². The molecule has 7 unspecified atom stereocenters. The summed E-state index contributed by atoms with van der Waals surface area (Å²) in [5.41, 5.74) is 32.3. The summed E-state index contributed by atoms with van der Waals surface area (Å²) in [4.78, 5) is 91.3. The highest BCUT2D eigenvalue weighted by atomic mass is 16.5. The molecule has 7 amide bonds. The molecule has 31 nitrogen and oxygen atoms in total. The van der Waals surface area contributed by atoms with Crippen LogP contribution in [0.5, 0.6) is 11.5 Å². The summed E-state index contributed by atoms with van der Waals surface area (Å²) in [6.07, 6.45) is -12.0. The van der Waals surface area contributed by atoms with Crippen LogP contribution < -0.4 is 97.6 Å². The first-order valence-electron chi connectivity index (χ1n) is 17.6. The predicted molar refractivity (Wildman–Crippen MR) is 218 cm³/mol. The van der Waals surface area contributed by atoms with Crippen LogP contribution in [0.2, 0.25) is 0 Å². The van der Waals surface area contributed by atoms with Gasteiger partial charge < -0.3 is 103 Å². The summed E-state index contributed by atoms with van der Waals surface area (Å²) in [7, 11) is 1.39. The lowest BCUT2D eigenvalue weighted by molar-refractivity contribution is -0.137. The molecule has 0 aliphatic heterocycles. The van der Waals surface area contributed by atoms with Gasteiger partial charge in [0.15, 0.2) is 60.9 Å². The summed E-state index contributed by atoms with van der Waals surface area (Å²) in [5, 5.41) is 74.4. The average molecular weight is 888 g/mol. The highest BCUT2D eigenvalue weighted by Gasteiger charge is 2.34. The van der Waals surface area contributed by atoms with Crippen LogP contribution in [0.4, 0.5) is 0 Å². The number of nitrogens with one attached hydrogen (secondary N) is 15. The number of primary amides is 1. The molecule has 31 heteroatoms. The van der Waals surface area contributed by atoms with E-state index in [-0.39, 0.29) is 23.4 Å². The molecular weight excluding hydrogens is 838 g/mol. The minimum Gasteiger partial charge on any atom is -0.508 e. The summed E-state index contributed by atoms with van der Waals surface area (Å²) < 4.78 is 5.11. The van der Waals surface area contributed by atoms with Crippen LogP contribution in [0.15, 0.2) is 48.5 Å². The number of phenolic OH excluding ortho intramolecular Hbond substituents is 1. The Kier molecular flexibility index (Phi) is 19.0. The maximum absolute atomic E-state index is 13.8. The van der Waals surface area contributed by atoms with Crippen molar-refractivity contribution in [3.63, 3.8) is 0 Å². The van der Waals surface area contributed by atoms with Gasteiger partial charge in [0.05, 0.1) is 7.11 Å². The number of aliphatic hydroxyl groups excluding tert-OH is 1. The quantitative estimate of drug-likeness (QED) is 0.0296. The summed E-state index contributed by atoms with van der Waals surface area (Å²) in [5.74, 6) is -12.4. The second-order valence-electron chi connectivity index (χ2n) is 12.5. The molecule has 0 bridgehead atoms. The first kappa shape index (κ1) is 50.4. The van der Waals surface area contributed by atoms with Crippen LogP contribution in [0.1, 0.15) is 17.2 Å². The number of ether oxygens (including phenoxy) is 1. The van der Waals surface area contributed by atoms with E-state index in [0.717, 1.165) is 0 Å². The molecular formula is C32H49N21O10. The van der Waals surface area contributed by atoms with Crippen molar-refractivity contribution in [2.75, 3.05) is 7.11 Å². The maximum atomic E-state index is 13.8. The third-order valence-electron chi connectivity index (χ3n) is 7.70. The fourth-order valence-corrected chi connectivity index (χ4v) is 4.80. The van der Waals surface area contributed by atoms with E-state index in [1.165, 1.54) is 49.6 Å². The van der Waals surface area contributed by atoms with Gasteiger partial charge in [-0.2, -0.15) is 0 Å². The van der Waals surface area contributed by atoms with E-state index >= 15 is 0 Å². The number of aliphatic hydroxyl groups is 1. The average Bonchev–Trinajstić information content (AvgIpc) is 3.20. The van der Waals surface area contributed by atoms with Gasteiger partial charge in [0.2, 0.25) is 5.91 Å². The van der Waals surface area contributed by atoms with Crippen molar-refractivity contribution in [1.29, 1.82) is 21.6 Å². The van der Waals surface area contributed by atoms with Crippen molar-refractivity contribution in [3.05, 3.63) is 59.7 Å². The molecule has 2 rings (SSSR count). The van der Waals surface area contributed by atoms with Crippen LogP contribution in [0.25, 0.3) is 0 Å². The Hall–Kier alpha value is -8.71. The fourth-order valence-electron chi connectivity index (χ4n) is 4.80. The number of guanidine groups is 4. The molecule has 2 aromatic rings. The lowest BCUT2D eigenvalue weighted by atomic mass is 10.1. The van der Waals surface area contributed by atoms with E-state index in [2.05, 4.69) is 31.9 Å². The molecule has 0 fully saturated rings. The second kappa shape index (κ2) is 23.8. The minimum absolute atomic E-state index is 0.120. The normalized spacial score (nSPS) is 13.8. The summed E-state index contributed by atoms with van der Waals surface area (Å²) in [6, 6.07) is 9.99. The van der Waals surface area contributed by atoms with Crippen molar-refractivity contribution in [2.45, 2.75) is 49.6 Å². The number of rotatable bonds is 22. The monoisotopic (exact) mass is 887 g/mol. The van der Waals surface area contributed by atoms with Gasteiger partial charge in [-0.1, -0.05) is 30.3 Å². The van der Waals surface area contributed by atoms with Crippen LogP contribution in [0, 0.1) is 21.6 Å². The Labute approximate surface area is 355 Å². The van der Waals surface area contributed by atoms with Gasteiger partial charge in [-0.05, 0) is 23.8 Å². The molecule has 0 radical (unpaired) electrons. The topological polar surface area (TPSA) is 553 Å². The van der Waals surface area contributed by atoms with Gasteiger partial charge in [-0.3, -0.25) is 60.5 Å². The van der Waals surface area contributed by atoms with E-state index in [4.69, 9.17) is 60.8 Å². The number of amides is 7. The first-order chi connectivity index (χ1) is 29.5. The predicted octanol–water partition coefficient (Wildman–Crippen LogP) is -9.75. The van der Waals surface area contributed by atoms with Gasteiger partial charge in [-0.15, -0.1) is 0 Å². The zero-order valence-electron chi connectivity index (χ0n) is 33.0. The molecule has 0 saturated heterocycles. The van der Waals surface area contributed by atoms with Crippen molar-refractivity contribution >= 4 is 65.2 Å². The van der Waals surface area contributed by atoms with Crippen molar-refractivity contribution < 1.29 is 48.5 Å².